The van der Waals surface area contributed by atoms with Gasteiger partial charge in [-0.15, -0.1) is 0 Å². The van der Waals surface area contributed by atoms with E-state index >= 15 is 4.39 Å². The number of benzene rings is 1. The van der Waals surface area contributed by atoms with Crippen molar-refractivity contribution in [3.8, 4) is 5.75 Å². The molecule has 0 spiro atoms. The van der Waals surface area contributed by atoms with Crippen LogP contribution < -0.4 is 19.8 Å². The van der Waals surface area contributed by atoms with E-state index in [0.29, 0.717) is 17.5 Å². The summed E-state index contributed by atoms with van der Waals surface area (Å²) in [5.74, 6) is -1.39. The molecule has 3 heterocycles. The Morgan fingerprint density at radius 1 is 1.30 bits per heavy atom. The monoisotopic (exact) mass is 553 g/mol. The maximum Gasteiger partial charge on any atom is 0.414 e. The topological polar surface area (TPSA) is 134 Å². The maximum absolute atomic E-state index is 15.2. The minimum Gasteiger partial charge on any atom is -0.422 e. The predicted molar refractivity (Wildman–Crippen MR) is 136 cm³/mol. The lowest BCUT2D eigenvalue weighted by atomic mass is 9.97. The van der Waals surface area contributed by atoms with E-state index < -0.39 is 33.6 Å². The first kappa shape index (κ1) is 26.8. The normalized spacial score (nSPS) is 13.9. The third-order valence-electron chi connectivity index (χ3n) is 5.90. The molecule has 1 fully saturated rings. The van der Waals surface area contributed by atoms with Crippen LogP contribution in [0, 0.1) is 5.82 Å². The zero-order valence-electron chi connectivity index (χ0n) is 20.3. The molecule has 0 bridgehead atoms. The lowest BCUT2D eigenvalue weighted by Crippen LogP contribution is -2.37. The number of nitrogens with zero attached hydrogens (tertiary/aromatic N) is 3. The van der Waals surface area contributed by atoms with E-state index in [-0.39, 0.29) is 33.9 Å². The summed E-state index contributed by atoms with van der Waals surface area (Å²) < 4.78 is 53.7. The third kappa shape index (κ3) is 5.85. The Kier molecular flexibility index (Phi) is 7.69. The summed E-state index contributed by atoms with van der Waals surface area (Å²) in [6.45, 7) is 2.04. The van der Waals surface area contributed by atoms with Gasteiger partial charge in [-0.25, -0.2) is 23.7 Å². The average molecular weight is 554 g/mol. The number of nitrogens with one attached hydrogen (secondary N) is 2. The number of ether oxygens (including phenoxy) is 1. The summed E-state index contributed by atoms with van der Waals surface area (Å²) in [5, 5.41) is 0.646. The molecular weight excluding hydrogens is 529 g/mol. The first-order valence-electron chi connectivity index (χ1n) is 11.2. The molecule has 37 heavy (non-hydrogen) atoms. The summed E-state index contributed by atoms with van der Waals surface area (Å²) >= 11 is 6.41. The van der Waals surface area contributed by atoms with Gasteiger partial charge in [0.05, 0.1) is 5.02 Å². The van der Waals surface area contributed by atoms with Crippen molar-refractivity contribution in [3.63, 3.8) is 0 Å². The highest BCUT2D eigenvalue weighted by molar-refractivity contribution is 7.90. The quantitative estimate of drug-likeness (QED) is 0.407. The smallest absolute Gasteiger partial charge is 0.414 e. The minimum absolute atomic E-state index is 0.0281. The second kappa shape index (κ2) is 10.6. The molecule has 2 N–H and O–H groups in total. The van der Waals surface area contributed by atoms with Gasteiger partial charge in [0.25, 0.3) is 10.2 Å². The van der Waals surface area contributed by atoms with Crippen LogP contribution in [-0.4, -0.2) is 63.5 Å². The van der Waals surface area contributed by atoms with Crippen molar-refractivity contribution in [2.45, 2.75) is 19.4 Å². The van der Waals surface area contributed by atoms with Gasteiger partial charge in [-0.3, -0.25) is 9.62 Å². The molecule has 14 heteroatoms. The number of anilines is 1. The molecule has 1 aromatic carbocycles. The number of carbonyl (C=O) groups excluding carboxylic acids is 1. The fourth-order valence-electron chi connectivity index (χ4n) is 3.75. The number of rotatable bonds is 8. The summed E-state index contributed by atoms with van der Waals surface area (Å²) in [5.41, 5.74) is 0.285. The number of hydrogen-bond donors (Lipinski definition) is 2. The molecule has 4 rings (SSSR count). The molecule has 1 amide bonds. The van der Waals surface area contributed by atoms with Crippen LogP contribution in [0.15, 0.2) is 33.6 Å². The zero-order valence-corrected chi connectivity index (χ0v) is 21.9. The van der Waals surface area contributed by atoms with E-state index in [9.17, 15) is 18.0 Å². The van der Waals surface area contributed by atoms with Crippen molar-refractivity contribution in [3.05, 3.63) is 62.3 Å². The van der Waals surface area contributed by atoms with Gasteiger partial charge in [0.2, 0.25) is 0 Å². The Balaban J connectivity index is 1.81. The number of hydrogen-bond acceptors (Lipinski definition) is 8. The van der Waals surface area contributed by atoms with E-state index in [1.807, 2.05) is 9.44 Å². The Morgan fingerprint density at radius 3 is 2.65 bits per heavy atom. The highest BCUT2D eigenvalue weighted by Crippen LogP contribution is 2.34. The van der Waals surface area contributed by atoms with Crippen molar-refractivity contribution in [2.24, 2.45) is 0 Å². The fourth-order valence-corrected chi connectivity index (χ4v) is 4.45. The van der Waals surface area contributed by atoms with Crippen LogP contribution in [0.4, 0.5) is 15.0 Å². The fraction of sp³-hybridized carbons (Fsp3) is 0.348. The highest BCUT2D eigenvalue weighted by Gasteiger charge is 2.24. The molecule has 11 nitrogen and oxygen atoms in total. The number of amides is 1. The van der Waals surface area contributed by atoms with Crippen molar-refractivity contribution < 1.29 is 26.8 Å². The molecule has 2 aromatic heterocycles. The Bertz CT molecular complexity index is 1520. The number of fused-ring (bicyclic) bond motifs is 1. The number of carbonyl (C=O) groups is 1. The van der Waals surface area contributed by atoms with Gasteiger partial charge in [0, 0.05) is 57.3 Å². The van der Waals surface area contributed by atoms with Gasteiger partial charge in [-0.1, -0.05) is 11.6 Å². The van der Waals surface area contributed by atoms with Crippen LogP contribution in [0.1, 0.15) is 23.1 Å². The van der Waals surface area contributed by atoms with Crippen molar-refractivity contribution in [2.75, 3.05) is 39.0 Å². The third-order valence-corrected chi connectivity index (χ3v) is 7.20. The van der Waals surface area contributed by atoms with E-state index in [4.69, 9.17) is 20.8 Å². The van der Waals surface area contributed by atoms with Crippen molar-refractivity contribution >= 4 is 44.7 Å². The second-order valence-corrected chi connectivity index (χ2v) is 10.7. The van der Waals surface area contributed by atoms with Gasteiger partial charge < -0.3 is 14.1 Å². The molecule has 1 saturated heterocycles. The van der Waals surface area contributed by atoms with E-state index in [0.717, 1.165) is 19.5 Å². The van der Waals surface area contributed by atoms with Crippen LogP contribution in [0.3, 0.4) is 0 Å². The predicted octanol–water partition coefficient (Wildman–Crippen LogP) is 2.71. The first-order chi connectivity index (χ1) is 17.5. The van der Waals surface area contributed by atoms with Gasteiger partial charge in [-0.05, 0) is 42.8 Å². The molecular formula is C23H25ClFN5O6S. The average Bonchev–Trinajstić information content (AvgIpc) is 2.81. The largest absolute Gasteiger partial charge is 0.422 e. The van der Waals surface area contributed by atoms with Gasteiger partial charge >= 0.3 is 11.7 Å². The Morgan fingerprint density at radius 2 is 2.03 bits per heavy atom. The second-order valence-electron chi connectivity index (χ2n) is 8.64. The standard InChI is InChI=1S/C23H25ClFN5O6S/c1-26-37(33,34)28-21-20(25)13(5-6-27-21)9-15-16(12-30-7-4-8-30)14-10-17(24)19(36-23(32)29(2)3)11-18(14)35-22(15)31/h5-6,10-11,26H,4,7-9,12H2,1-3H3,(H,27,28). The van der Waals surface area contributed by atoms with Crippen LogP contribution in [0.25, 0.3) is 11.0 Å². The Labute approximate surface area is 217 Å². The van der Waals surface area contributed by atoms with E-state index in [1.165, 1.54) is 44.4 Å². The molecule has 1 aliphatic heterocycles. The highest BCUT2D eigenvalue weighted by atomic mass is 35.5. The maximum atomic E-state index is 15.2. The molecule has 0 saturated carbocycles. The first-order valence-corrected chi connectivity index (χ1v) is 13.1. The molecule has 198 valence electrons. The molecule has 1 aliphatic rings. The lowest BCUT2D eigenvalue weighted by Gasteiger charge is -2.31. The summed E-state index contributed by atoms with van der Waals surface area (Å²) in [4.78, 5) is 32.3. The number of halogens is 2. The molecule has 3 aromatic rings. The van der Waals surface area contributed by atoms with Crippen LogP contribution >= 0.6 is 11.6 Å². The SMILES string of the molecule is CNS(=O)(=O)Nc1nccc(Cc2c(CN3CCC3)c3cc(Cl)c(OC(=O)N(C)C)cc3oc2=O)c1F. The number of aromatic nitrogens is 1. The van der Waals surface area contributed by atoms with Crippen molar-refractivity contribution in [1.29, 1.82) is 0 Å². The van der Waals surface area contributed by atoms with Crippen LogP contribution in [-0.2, 0) is 23.2 Å². The van der Waals surface area contributed by atoms with E-state index in [1.54, 1.807) is 6.07 Å². The van der Waals surface area contributed by atoms with Crippen LogP contribution in [0.5, 0.6) is 5.75 Å². The number of likely N-dealkylation sites (tertiary alicyclic amines) is 1. The molecule has 0 aliphatic carbocycles. The van der Waals surface area contributed by atoms with Gasteiger partial charge in [0.15, 0.2) is 17.4 Å². The van der Waals surface area contributed by atoms with E-state index in [2.05, 4.69) is 9.88 Å². The molecule has 0 radical (unpaired) electrons. The summed E-state index contributed by atoms with van der Waals surface area (Å²) in [6, 6.07) is 4.29. The summed E-state index contributed by atoms with van der Waals surface area (Å²) in [7, 11) is 0.196. The molecule has 0 atom stereocenters. The van der Waals surface area contributed by atoms with Gasteiger partial charge in [-0.2, -0.15) is 8.42 Å². The van der Waals surface area contributed by atoms with Crippen LogP contribution in [0.2, 0.25) is 5.02 Å². The Hall–Kier alpha value is -3.26. The van der Waals surface area contributed by atoms with Crippen molar-refractivity contribution in [1.82, 2.24) is 19.5 Å². The molecule has 0 unspecified atom stereocenters. The van der Waals surface area contributed by atoms with Gasteiger partial charge in [0.1, 0.15) is 5.58 Å². The zero-order chi connectivity index (χ0) is 26.9. The lowest BCUT2D eigenvalue weighted by molar-refractivity contribution is 0.172. The number of pyridine rings is 1. The minimum atomic E-state index is -4.01. The summed E-state index contributed by atoms with van der Waals surface area (Å²) in [6.07, 6.45) is 1.41.